The summed E-state index contributed by atoms with van der Waals surface area (Å²) in [5, 5.41) is 1.07. The van der Waals surface area contributed by atoms with Gasteiger partial charge in [-0.3, -0.25) is 0 Å². The molecule has 4 nitrogen and oxygen atoms in total. The molecule has 8 heavy (non-hydrogen) atoms. The van der Waals surface area contributed by atoms with Crippen molar-refractivity contribution in [3.05, 3.63) is 0 Å². The average molecular weight is 164 g/mol. The normalized spacial score (nSPS) is 39.1. The molecule has 1 N–H and O–H groups in total. The fraction of sp³-hybridized carbons (Fsp3) is 0. The molecule has 0 radical (unpaired) electrons. The second-order valence-corrected chi connectivity index (χ2v) is 6.21. The van der Waals surface area contributed by atoms with E-state index in [2.05, 4.69) is 4.62 Å². The Morgan fingerprint density at radius 1 is 1.75 bits per heavy atom. The maximum absolute atomic E-state index is 11.8. The van der Waals surface area contributed by atoms with E-state index in [0.717, 1.165) is 5.25 Å². The molecule has 8 heteroatoms. The first-order valence-corrected chi connectivity index (χ1v) is 5.08. The van der Waals surface area contributed by atoms with Crippen LogP contribution in [0.15, 0.2) is 0 Å². The second-order valence-electron chi connectivity index (χ2n) is 1.17. The van der Waals surface area contributed by atoms with Gasteiger partial charge < -0.3 is 0 Å². The van der Waals surface area contributed by atoms with Crippen LogP contribution in [-0.2, 0) is 15.3 Å². The van der Waals surface area contributed by atoms with E-state index < -0.39 is 17.5 Å². The molecular formula is HF2NO3PS-. The van der Waals surface area contributed by atoms with E-state index in [1.165, 1.54) is 0 Å². The van der Waals surface area contributed by atoms with E-state index in [9.17, 15) is 17.2 Å². The maximum atomic E-state index is 11.8. The fourth-order valence-corrected chi connectivity index (χ4v) is 1.28. The number of hydrogen-bond donors (Lipinski definition) is 1. The molecule has 1 unspecified atom stereocenters. The zero-order valence-corrected chi connectivity index (χ0v) is 5.05. The summed E-state index contributed by atoms with van der Waals surface area (Å²) >= 11 is 0. The van der Waals surface area contributed by atoms with Crippen LogP contribution in [-0.4, -0.2) is 8.76 Å². The Balaban J connectivity index is 2.83. The number of hydrogen-bond acceptors (Lipinski definition) is 4. The monoisotopic (exact) mass is 164 g/mol. The molecule has 0 aromatic heterocycles. The minimum absolute atomic E-state index is 1.07. The third-order valence-corrected chi connectivity index (χ3v) is 3.59. The molecule has 1 fully saturated rings. The number of rotatable bonds is 1. The van der Waals surface area contributed by atoms with Gasteiger partial charge in [-0.15, -0.1) is 0 Å². The fourth-order valence-electron chi connectivity index (χ4n) is 0.108. The molecule has 0 aliphatic carbocycles. The number of nitrogens with one attached hydrogen (secondary N) is 1. The van der Waals surface area contributed by atoms with Gasteiger partial charge in [-0.25, -0.2) is 0 Å². The van der Waals surface area contributed by atoms with E-state index >= 15 is 0 Å². The summed E-state index contributed by atoms with van der Waals surface area (Å²) in [6, 6.07) is 0. The molecular weight excluding hydrogens is 163 g/mol. The third-order valence-electron chi connectivity index (χ3n) is 0.552. The van der Waals surface area contributed by atoms with Crippen LogP contribution in [0.2, 0.25) is 0 Å². The van der Waals surface area contributed by atoms with Crippen LogP contribution in [0, 0.1) is 0 Å². The third kappa shape index (κ3) is 0.762. The molecule has 0 spiro atoms. The SMILES string of the molecule is O=S([O-])P1(F)(F)NO1. The van der Waals surface area contributed by atoms with Gasteiger partial charge in [-0.1, -0.05) is 0 Å². The van der Waals surface area contributed by atoms with Crippen molar-refractivity contribution in [3.63, 3.8) is 0 Å². The van der Waals surface area contributed by atoms with Crippen LogP contribution in [0.3, 0.4) is 0 Å². The van der Waals surface area contributed by atoms with Crippen molar-refractivity contribution in [2.24, 2.45) is 0 Å². The second kappa shape index (κ2) is 1.25. The van der Waals surface area contributed by atoms with Gasteiger partial charge in [0.1, 0.15) is 0 Å². The summed E-state index contributed by atoms with van der Waals surface area (Å²) in [5.41, 5.74) is 0. The first-order chi connectivity index (χ1) is 3.44. The predicted octanol–water partition coefficient (Wildman–Crippen LogP) is 0.468. The molecule has 0 saturated carbocycles. The van der Waals surface area contributed by atoms with Crippen molar-refractivity contribution in [1.82, 2.24) is 5.25 Å². The van der Waals surface area contributed by atoms with Gasteiger partial charge in [0.15, 0.2) is 0 Å². The van der Waals surface area contributed by atoms with Gasteiger partial charge in [-0.05, 0) is 0 Å². The standard InChI is InChI=1S/F2H2NO3PS/c1-7(2,3-6-7)8(4)5/h3H,(H,4,5)/p-1. The molecule has 1 heterocycles. The van der Waals surface area contributed by atoms with Gasteiger partial charge in [0.05, 0.1) is 0 Å². The Hall–Kier alpha value is 0.320. The predicted molar refractivity (Wildman–Crippen MR) is 22.3 cm³/mol. The van der Waals surface area contributed by atoms with Gasteiger partial charge in [0, 0.05) is 0 Å². The van der Waals surface area contributed by atoms with Gasteiger partial charge >= 0.3 is 44.5 Å². The quantitative estimate of drug-likeness (QED) is 0.347. The van der Waals surface area contributed by atoms with Crippen molar-refractivity contribution in [3.8, 4) is 0 Å². The molecule has 1 aliphatic rings. The summed E-state index contributed by atoms with van der Waals surface area (Å²) < 4.78 is 46.0. The van der Waals surface area contributed by atoms with Gasteiger partial charge in [0.25, 0.3) is 0 Å². The summed E-state index contributed by atoms with van der Waals surface area (Å²) in [6.45, 7) is -5.77. The molecule has 1 saturated heterocycles. The van der Waals surface area contributed by atoms with Crippen LogP contribution in [0.25, 0.3) is 0 Å². The van der Waals surface area contributed by atoms with Gasteiger partial charge in [-0.2, -0.15) is 0 Å². The molecule has 0 amide bonds. The Kier molecular flexibility index (Phi) is 1.00. The summed E-state index contributed by atoms with van der Waals surface area (Å²) in [7, 11) is -3.42. The van der Waals surface area contributed by atoms with E-state index in [1.807, 2.05) is 0 Å². The molecule has 50 valence electrons. The first kappa shape index (κ1) is 6.44. The summed E-state index contributed by atoms with van der Waals surface area (Å²) in [5.74, 6) is 0. The van der Waals surface area contributed by atoms with Crippen molar-refractivity contribution >= 4 is 17.5 Å². The Morgan fingerprint density at radius 3 is 2.12 bits per heavy atom. The van der Waals surface area contributed by atoms with E-state index in [-0.39, 0.29) is 0 Å². The van der Waals surface area contributed by atoms with Crippen molar-refractivity contribution < 1.29 is 21.8 Å². The van der Waals surface area contributed by atoms with Crippen molar-refractivity contribution in [2.45, 2.75) is 0 Å². The van der Waals surface area contributed by atoms with E-state index in [1.54, 1.807) is 0 Å². The van der Waals surface area contributed by atoms with Crippen LogP contribution >= 0.6 is 6.80 Å². The summed E-state index contributed by atoms with van der Waals surface area (Å²) in [6.07, 6.45) is 0. The van der Waals surface area contributed by atoms with Crippen molar-refractivity contribution in [1.29, 1.82) is 0 Å². The molecule has 0 aromatic rings. The van der Waals surface area contributed by atoms with Crippen molar-refractivity contribution in [2.75, 3.05) is 0 Å². The van der Waals surface area contributed by atoms with Crippen LogP contribution in [0.5, 0.6) is 0 Å². The molecule has 0 aromatic carbocycles. The first-order valence-electron chi connectivity index (χ1n) is 1.46. The summed E-state index contributed by atoms with van der Waals surface area (Å²) in [4.78, 5) is 0. The minimum atomic E-state index is -5.77. The topological polar surface area (TPSA) is 74.6 Å². The van der Waals surface area contributed by atoms with Gasteiger partial charge in [0.2, 0.25) is 0 Å². The molecule has 1 aliphatic heterocycles. The van der Waals surface area contributed by atoms with E-state index in [0.29, 0.717) is 0 Å². The average Bonchev–Trinajstić information content (AvgIpc) is 2.18. The number of halogens is 2. The Bertz CT molecular complexity index is 149. The van der Waals surface area contributed by atoms with E-state index in [4.69, 9.17) is 0 Å². The van der Waals surface area contributed by atoms with Crippen LogP contribution in [0.1, 0.15) is 0 Å². The Morgan fingerprint density at radius 2 is 2.12 bits per heavy atom. The zero-order chi connectivity index (χ0) is 6.44. The molecule has 0 bridgehead atoms. The molecule has 1 rings (SSSR count). The zero-order valence-electron chi connectivity index (χ0n) is 3.34. The van der Waals surface area contributed by atoms with Crippen LogP contribution in [0.4, 0.5) is 8.39 Å². The van der Waals surface area contributed by atoms with Crippen LogP contribution < -0.4 is 5.25 Å². The molecule has 1 atom stereocenters. The Labute approximate surface area is 45.5 Å².